The second kappa shape index (κ2) is 6.45. The molecule has 0 bridgehead atoms. The van der Waals surface area contributed by atoms with Gasteiger partial charge in [-0.3, -0.25) is 9.48 Å². The van der Waals surface area contributed by atoms with E-state index in [2.05, 4.69) is 20.5 Å². The van der Waals surface area contributed by atoms with Crippen LogP contribution >= 0.6 is 11.6 Å². The first kappa shape index (κ1) is 16.2. The highest BCUT2D eigenvalue weighted by Gasteiger charge is 2.20. The molecule has 124 valence electrons. The lowest BCUT2D eigenvalue weighted by Crippen LogP contribution is -2.27. The molecule has 3 aromatic rings. The van der Waals surface area contributed by atoms with Gasteiger partial charge in [-0.25, -0.2) is 9.67 Å². The largest absolute Gasteiger partial charge is 0.345 e. The van der Waals surface area contributed by atoms with Gasteiger partial charge in [-0.05, 0) is 31.5 Å². The molecule has 2 heterocycles. The molecular formula is C16H17ClN6O. The van der Waals surface area contributed by atoms with Crippen molar-refractivity contribution in [3.8, 4) is 5.69 Å². The number of hydrogen-bond donors (Lipinski definition) is 1. The molecule has 0 radical (unpaired) electrons. The fraction of sp³-hybridized carbons (Fsp3) is 0.250. The minimum atomic E-state index is -0.238. The topological polar surface area (TPSA) is 77.6 Å². The van der Waals surface area contributed by atoms with E-state index in [0.29, 0.717) is 16.4 Å². The number of hydrogen-bond acceptors (Lipinski definition) is 4. The monoisotopic (exact) mass is 344 g/mol. The van der Waals surface area contributed by atoms with Gasteiger partial charge in [0.25, 0.3) is 5.91 Å². The summed E-state index contributed by atoms with van der Waals surface area (Å²) in [7, 11) is 1.71. The normalized spacial score (nSPS) is 12.2. The number of benzene rings is 1. The molecule has 0 fully saturated rings. The van der Waals surface area contributed by atoms with Gasteiger partial charge in [-0.1, -0.05) is 23.7 Å². The lowest BCUT2D eigenvalue weighted by Gasteiger charge is -2.15. The lowest BCUT2D eigenvalue weighted by molar-refractivity contribution is 0.0939. The predicted molar refractivity (Wildman–Crippen MR) is 90.2 cm³/mol. The summed E-state index contributed by atoms with van der Waals surface area (Å²) < 4.78 is 3.16. The Hall–Kier alpha value is -2.67. The van der Waals surface area contributed by atoms with Crippen LogP contribution in [-0.2, 0) is 7.05 Å². The number of nitrogens with zero attached hydrogens (tertiary/aromatic N) is 5. The Morgan fingerprint density at radius 3 is 2.54 bits per heavy atom. The lowest BCUT2D eigenvalue weighted by atomic mass is 10.1. The van der Waals surface area contributed by atoms with E-state index in [9.17, 15) is 4.79 Å². The fourth-order valence-electron chi connectivity index (χ4n) is 2.50. The number of aromatic nitrogens is 5. The van der Waals surface area contributed by atoms with Crippen molar-refractivity contribution in [1.29, 1.82) is 0 Å². The Morgan fingerprint density at radius 1 is 1.29 bits per heavy atom. The number of carbonyl (C=O) groups is 1. The maximum Gasteiger partial charge on any atom is 0.256 e. The first-order chi connectivity index (χ1) is 11.5. The van der Waals surface area contributed by atoms with E-state index in [-0.39, 0.29) is 11.9 Å². The number of amides is 1. The second-order valence-corrected chi connectivity index (χ2v) is 5.86. The van der Waals surface area contributed by atoms with Crippen LogP contribution in [0.4, 0.5) is 0 Å². The zero-order chi connectivity index (χ0) is 17.3. The van der Waals surface area contributed by atoms with Crippen molar-refractivity contribution < 1.29 is 4.79 Å². The molecule has 1 amide bonds. The van der Waals surface area contributed by atoms with E-state index in [1.165, 1.54) is 11.0 Å². The average molecular weight is 345 g/mol. The summed E-state index contributed by atoms with van der Waals surface area (Å²) in [4.78, 5) is 16.4. The van der Waals surface area contributed by atoms with Crippen LogP contribution < -0.4 is 5.32 Å². The summed E-state index contributed by atoms with van der Waals surface area (Å²) in [6.45, 7) is 3.68. The molecule has 1 atom stereocenters. The third kappa shape index (κ3) is 3.03. The van der Waals surface area contributed by atoms with E-state index in [1.807, 2.05) is 31.2 Å². The van der Waals surface area contributed by atoms with Gasteiger partial charge in [-0.2, -0.15) is 10.2 Å². The highest BCUT2D eigenvalue weighted by molar-refractivity contribution is 6.33. The molecule has 0 aliphatic carbocycles. The Bertz CT molecular complexity index is 854. The van der Waals surface area contributed by atoms with Gasteiger partial charge in [0, 0.05) is 7.05 Å². The van der Waals surface area contributed by atoms with Crippen molar-refractivity contribution in [2.45, 2.75) is 19.9 Å². The number of nitrogens with one attached hydrogen (secondary N) is 1. The van der Waals surface area contributed by atoms with E-state index in [0.717, 1.165) is 11.3 Å². The molecule has 1 aromatic carbocycles. The fourth-order valence-corrected chi connectivity index (χ4v) is 2.76. The van der Waals surface area contributed by atoms with Crippen molar-refractivity contribution in [2.75, 3.05) is 0 Å². The van der Waals surface area contributed by atoms with E-state index >= 15 is 0 Å². The van der Waals surface area contributed by atoms with Crippen LogP contribution in [-0.4, -0.2) is 30.5 Å². The number of rotatable bonds is 4. The van der Waals surface area contributed by atoms with Crippen molar-refractivity contribution in [1.82, 2.24) is 29.9 Å². The molecular weight excluding hydrogens is 328 g/mol. The van der Waals surface area contributed by atoms with Gasteiger partial charge in [0.05, 0.1) is 23.0 Å². The molecule has 7 nitrogen and oxygen atoms in total. The van der Waals surface area contributed by atoms with Crippen LogP contribution in [0, 0.1) is 6.92 Å². The Kier molecular flexibility index (Phi) is 4.35. The smallest absolute Gasteiger partial charge is 0.256 e. The van der Waals surface area contributed by atoms with Gasteiger partial charge in [-0.15, -0.1) is 0 Å². The molecule has 8 heteroatoms. The van der Waals surface area contributed by atoms with Gasteiger partial charge in [0.1, 0.15) is 17.8 Å². The Labute approximate surface area is 144 Å². The molecule has 0 spiro atoms. The molecule has 0 unspecified atom stereocenters. The van der Waals surface area contributed by atoms with Gasteiger partial charge >= 0.3 is 0 Å². The second-order valence-electron chi connectivity index (χ2n) is 5.50. The maximum atomic E-state index is 12.5. The van der Waals surface area contributed by atoms with E-state index in [1.54, 1.807) is 25.0 Å². The van der Waals surface area contributed by atoms with Gasteiger partial charge in [0.2, 0.25) is 0 Å². The SMILES string of the molecule is Cc1nn(C)c(Cl)c1C(=O)N[C@H](C)c1ccc(-n2cncn2)cc1. The van der Waals surface area contributed by atoms with Crippen LogP contribution in [0.5, 0.6) is 0 Å². The predicted octanol–water partition coefficient (Wildman–Crippen LogP) is 2.45. The average Bonchev–Trinajstić information content (AvgIpc) is 3.16. The van der Waals surface area contributed by atoms with Crippen LogP contribution in [0.2, 0.25) is 5.15 Å². The van der Waals surface area contributed by atoms with Crippen molar-refractivity contribution in [2.24, 2.45) is 7.05 Å². The highest BCUT2D eigenvalue weighted by Crippen LogP contribution is 2.21. The molecule has 0 saturated carbocycles. The molecule has 0 saturated heterocycles. The van der Waals surface area contributed by atoms with Crippen molar-refractivity contribution in [3.63, 3.8) is 0 Å². The third-order valence-corrected chi connectivity index (χ3v) is 4.24. The summed E-state index contributed by atoms with van der Waals surface area (Å²) in [5.74, 6) is -0.238. The molecule has 0 aliphatic rings. The van der Waals surface area contributed by atoms with Gasteiger partial charge < -0.3 is 5.32 Å². The van der Waals surface area contributed by atoms with Crippen LogP contribution in [0.15, 0.2) is 36.9 Å². The first-order valence-corrected chi connectivity index (χ1v) is 7.80. The van der Waals surface area contributed by atoms with Crippen molar-refractivity contribution >= 4 is 17.5 Å². The Balaban J connectivity index is 1.75. The van der Waals surface area contributed by atoms with Crippen LogP contribution in [0.25, 0.3) is 5.69 Å². The van der Waals surface area contributed by atoms with Crippen molar-refractivity contribution in [3.05, 3.63) is 58.9 Å². The summed E-state index contributed by atoms with van der Waals surface area (Å²) in [5, 5.41) is 11.5. The quantitative estimate of drug-likeness (QED) is 0.788. The molecule has 2 aromatic heterocycles. The van der Waals surface area contributed by atoms with Crippen LogP contribution in [0.1, 0.15) is 34.6 Å². The summed E-state index contributed by atoms with van der Waals surface area (Å²) >= 11 is 6.14. The maximum absolute atomic E-state index is 12.5. The molecule has 3 rings (SSSR count). The summed E-state index contributed by atoms with van der Waals surface area (Å²) in [6, 6.07) is 7.57. The number of halogens is 1. The summed E-state index contributed by atoms with van der Waals surface area (Å²) in [6.07, 6.45) is 3.12. The Morgan fingerprint density at radius 2 is 2.00 bits per heavy atom. The first-order valence-electron chi connectivity index (χ1n) is 7.42. The molecule has 1 N–H and O–H groups in total. The van der Waals surface area contributed by atoms with Gasteiger partial charge in [0.15, 0.2) is 0 Å². The zero-order valence-corrected chi connectivity index (χ0v) is 14.3. The highest BCUT2D eigenvalue weighted by atomic mass is 35.5. The van der Waals surface area contributed by atoms with E-state index < -0.39 is 0 Å². The molecule has 24 heavy (non-hydrogen) atoms. The van der Waals surface area contributed by atoms with E-state index in [4.69, 9.17) is 11.6 Å². The minimum absolute atomic E-state index is 0.169. The number of aryl methyl sites for hydroxylation is 2. The summed E-state index contributed by atoms with van der Waals surface area (Å²) in [5.41, 5.74) is 2.89. The zero-order valence-electron chi connectivity index (χ0n) is 13.6. The minimum Gasteiger partial charge on any atom is -0.345 e. The molecule has 0 aliphatic heterocycles. The standard InChI is InChI=1S/C16H17ClN6O/c1-10(20-16(24)14-11(2)21-22(3)15(14)17)12-4-6-13(7-5-12)23-9-18-8-19-23/h4-10H,1-3H3,(H,20,24)/t10-/m1/s1. The third-order valence-electron chi connectivity index (χ3n) is 3.80. The van der Waals surface area contributed by atoms with Crippen LogP contribution in [0.3, 0.4) is 0 Å². The number of carbonyl (C=O) groups excluding carboxylic acids is 1.